The molecule has 1 fully saturated rings. The van der Waals surface area contributed by atoms with Gasteiger partial charge in [-0.05, 0) is 31.2 Å². The monoisotopic (exact) mass is 547 g/mol. The van der Waals surface area contributed by atoms with Gasteiger partial charge in [0.1, 0.15) is 18.6 Å². The summed E-state index contributed by atoms with van der Waals surface area (Å²) < 4.78 is 7.51. The van der Waals surface area contributed by atoms with E-state index in [4.69, 9.17) is 9.73 Å². The maximum Gasteiger partial charge on any atom is 0.194 e. The van der Waals surface area contributed by atoms with Gasteiger partial charge >= 0.3 is 0 Å². The number of aliphatic imine (C=N–C) groups is 1. The molecule has 0 aliphatic carbocycles. The predicted octanol–water partition coefficient (Wildman–Crippen LogP) is 3.18. The zero-order chi connectivity index (χ0) is 21.5. The molecule has 1 aromatic heterocycles. The van der Waals surface area contributed by atoms with Gasteiger partial charge in [-0.3, -0.25) is 4.57 Å². The van der Waals surface area contributed by atoms with E-state index >= 15 is 0 Å². The SMILES string of the molecule is CCNC(=NCc1nncn1-c1ccccc1)N1CCN(c2ccccc2OC)CC1.I. The molecule has 4 rings (SSSR count). The molecule has 0 atom stereocenters. The van der Waals surface area contributed by atoms with Crippen LogP contribution in [-0.2, 0) is 6.54 Å². The van der Waals surface area contributed by atoms with Gasteiger partial charge in [0, 0.05) is 38.4 Å². The number of nitrogens with one attached hydrogen (secondary N) is 1. The van der Waals surface area contributed by atoms with Gasteiger partial charge in [0.15, 0.2) is 11.8 Å². The highest BCUT2D eigenvalue weighted by Crippen LogP contribution is 2.28. The number of aromatic nitrogens is 3. The number of ether oxygens (including phenoxy) is 1. The van der Waals surface area contributed by atoms with Crippen molar-refractivity contribution in [3.63, 3.8) is 0 Å². The van der Waals surface area contributed by atoms with Gasteiger partial charge in [-0.1, -0.05) is 30.3 Å². The molecule has 0 saturated carbocycles. The van der Waals surface area contributed by atoms with Crippen molar-refractivity contribution >= 4 is 35.6 Å². The van der Waals surface area contributed by atoms with Crippen molar-refractivity contribution in [2.45, 2.75) is 13.5 Å². The van der Waals surface area contributed by atoms with Crippen LogP contribution in [0.3, 0.4) is 0 Å². The predicted molar refractivity (Wildman–Crippen MR) is 138 cm³/mol. The van der Waals surface area contributed by atoms with Crippen molar-refractivity contribution in [1.82, 2.24) is 25.0 Å². The van der Waals surface area contributed by atoms with Gasteiger partial charge in [-0.25, -0.2) is 4.99 Å². The second kappa shape index (κ2) is 11.7. The molecule has 170 valence electrons. The summed E-state index contributed by atoms with van der Waals surface area (Å²) in [6.45, 7) is 6.95. The van der Waals surface area contributed by atoms with Crippen LogP contribution in [0.1, 0.15) is 12.7 Å². The standard InChI is InChI=1S/C23H29N7O.HI/c1-3-24-23(25-17-22-27-26-18-30(22)19-9-5-4-6-10-19)29-15-13-28(14-16-29)20-11-7-8-12-21(20)31-2;/h4-12,18H,3,13-17H2,1-2H3,(H,24,25);1H. The topological polar surface area (TPSA) is 70.8 Å². The molecule has 0 amide bonds. The van der Waals surface area contributed by atoms with Gasteiger partial charge < -0.3 is 19.9 Å². The molecule has 0 unspecified atom stereocenters. The Morgan fingerprint density at radius 1 is 1.03 bits per heavy atom. The third-order valence-corrected chi connectivity index (χ3v) is 5.36. The van der Waals surface area contributed by atoms with Crippen molar-refractivity contribution in [2.24, 2.45) is 4.99 Å². The number of halogens is 1. The number of guanidine groups is 1. The number of nitrogens with zero attached hydrogens (tertiary/aromatic N) is 6. The third kappa shape index (κ3) is 5.50. The molecular weight excluding hydrogens is 517 g/mol. The molecule has 0 radical (unpaired) electrons. The molecular formula is C23H30IN7O. The number of benzene rings is 2. The molecule has 1 aliphatic heterocycles. The van der Waals surface area contributed by atoms with E-state index in [1.807, 2.05) is 47.0 Å². The van der Waals surface area contributed by atoms with Crippen LogP contribution < -0.4 is 15.0 Å². The van der Waals surface area contributed by atoms with Crippen LogP contribution in [0.4, 0.5) is 5.69 Å². The Bertz CT molecular complexity index is 1000. The van der Waals surface area contributed by atoms with Crippen LogP contribution in [0.2, 0.25) is 0 Å². The van der Waals surface area contributed by atoms with Crippen LogP contribution >= 0.6 is 24.0 Å². The molecule has 32 heavy (non-hydrogen) atoms. The first-order valence-electron chi connectivity index (χ1n) is 10.7. The Hall–Kier alpha value is -2.82. The second-order valence-corrected chi connectivity index (χ2v) is 7.27. The Kier molecular flexibility index (Phi) is 8.72. The lowest BCUT2D eigenvalue weighted by atomic mass is 10.2. The first kappa shape index (κ1) is 23.8. The van der Waals surface area contributed by atoms with E-state index in [1.165, 1.54) is 0 Å². The number of hydrogen-bond donors (Lipinski definition) is 1. The van der Waals surface area contributed by atoms with Gasteiger partial charge in [-0.2, -0.15) is 0 Å². The summed E-state index contributed by atoms with van der Waals surface area (Å²) in [7, 11) is 1.72. The van der Waals surface area contributed by atoms with Crippen molar-refractivity contribution in [1.29, 1.82) is 0 Å². The third-order valence-electron chi connectivity index (χ3n) is 5.36. The van der Waals surface area contributed by atoms with Crippen molar-refractivity contribution in [2.75, 3.05) is 44.7 Å². The number of anilines is 1. The number of methoxy groups -OCH3 is 1. The van der Waals surface area contributed by atoms with Gasteiger partial charge in [0.05, 0.1) is 12.8 Å². The van der Waals surface area contributed by atoms with Gasteiger partial charge in [0.25, 0.3) is 0 Å². The van der Waals surface area contributed by atoms with Crippen LogP contribution in [-0.4, -0.2) is 65.5 Å². The lowest BCUT2D eigenvalue weighted by Gasteiger charge is -2.38. The smallest absolute Gasteiger partial charge is 0.194 e. The van der Waals surface area contributed by atoms with Gasteiger partial charge in [-0.15, -0.1) is 34.2 Å². The average Bonchev–Trinajstić information content (AvgIpc) is 3.31. The largest absolute Gasteiger partial charge is 0.495 e. The van der Waals surface area contributed by atoms with E-state index in [0.29, 0.717) is 6.54 Å². The summed E-state index contributed by atoms with van der Waals surface area (Å²) in [5, 5.41) is 11.8. The molecule has 2 aromatic carbocycles. The minimum Gasteiger partial charge on any atom is -0.495 e. The lowest BCUT2D eigenvalue weighted by molar-refractivity contribution is 0.367. The zero-order valence-corrected chi connectivity index (χ0v) is 20.8. The molecule has 8 nitrogen and oxygen atoms in total. The Labute approximate surface area is 206 Å². The fraction of sp³-hybridized carbons (Fsp3) is 0.348. The minimum absolute atomic E-state index is 0. The molecule has 1 N–H and O–H groups in total. The van der Waals surface area contributed by atoms with E-state index < -0.39 is 0 Å². The Balaban J connectivity index is 0.00000289. The van der Waals surface area contributed by atoms with E-state index in [2.05, 4.69) is 44.4 Å². The average molecular weight is 547 g/mol. The van der Waals surface area contributed by atoms with Crippen LogP contribution in [0.5, 0.6) is 5.75 Å². The second-order valence-electron chi connectivity index (χ2n) is 7.27. The molecule has 1 aliphatic rings. The fourth-order valence-corrected chi connectivity index (χ4v) is 3.79. The van der Waals surface area contributed by atoms with Crippen LogP contribution in [0, 0.1) is 0 Å². The first-order valence-corrected chi connectivity index (χ1v) is 10.7. The summed E-state index contributed by atoms with van der Waals surface area (Å²) >= 11 is 0. The number of rotatable bonds is 6. The van der Waals surface area contributed by atoms with E-state index in [-0.39, 0.29) is 24.0 Å². The molecule has 1 saturated heterocycles. The molecule has 2 heterocycles. The van der Waals surface area contributed by atoms with E-state index in [1.54, 1.807) is 13.4 Å². The highest BCUT2D eigenvalue weighted by Gasteiger charge is 2.21. The van der Waals surface area contributed by atoms with Crippen molar-refractivity contribution < 1.29 is 4.74 Å². The Morgan fingerprint density at radius 2 is 1.75 bits per heavy atom. The van der Waals surface area contributed by atoms with E-state index in [9.17, 15) is 0 Å². The molecule has 0 spiro atoms. The quantitative estimate of drug-likeness (QED) is 0.291. The number of hydrogen-bond acceptors (Lipinski definition) is 5. The Morgan fingerprint density at radius 3 is 2.47 bits per heavy atom. The summed E-state index contributed by atoms with van der Waals surface area (Å²) in [5.41, 5.74) is 2.18. The molecule has 9 heteroatoms. The zero-order valence-electron chi connectivity index (χ0n) is 18.5. The maximum absolute atomic E-state index is 5.53. The number of piperazine rings is 1. The summed E-state index contributed by atoms with van der Waals surface area (Å²) in [4.78, 5) is 9.53. The van der Waals surface area contributed by atoms with Crippen molar-refractivity contribution in [3.8, 4) is 11.4 Å². The summed E-state index contributed by atoms with van der Waals surface area (Å²) in [6.07, 6.45) is 1.74. The maximum atomic E-state index is 5.53. The lowest BCUT2D eigenvalue weighted by Crippen LogP contribution is -2.52. The molecule has 0 bridgehead atoms. The van der Waals surface area contributed by atoms with Crippen LogP contribution in [0.25, 0.3) is 5.69 Å². The molecule has 3 aromatic rings. The summed E-state index contributed by atoms with van der Waals surface area (Å²) in [6, 6.07) is 18.3. The van der Waals surface area contributed by atoms with Gasteiger partial charge in [0.2, 0.25) is 0 Å². The fourth-order valence-electron chi connectivity index (χ4n) is 3.79. The van der Waals surface area contributed by atoms with Crippen LogP contribution in [0.15, 0.2) is 65.9 Å². The minimum atomic E-state index is 0. The first-order chi connectivity index (χ1) is 15.3. The van der Waals surface area contributed by atoms with E-state index in [0.717, 1.165) is 61.6 Å². The number of para-hydroxylation sites is 3. The normalized spacial score (nSPS) is 14.1. The van der Waals surface area contributed by atoms with Crippen molar-refractivity contribution in [3.05, 3.63) is 66.7 Å². The summed E-state index contributed by atoms with van der Waals surface area (Å²) in [5.74, 6) is 2.64. The highest BCUT2D eigenvalue weighted by atomic mass is 127. The highest BCUT2D eigenvalue weighted by molar-refractivity contribution is 14.0.